The zero-order chi connectivity index (χ0) is 20.8. The van der Waals surface area contributed by atoms with Crippen molar-refractivity contribution in [2.45, 2.75) is 37.6 Å². The first kappa shape index (κ1) is 20.4. The molecule has 0 radical (unpaired) electrons. The number of likely N-dealkylation sites (tertiary alicyclic amines) is 2. The van der Waals surface area contributed by atoms with Gasteiger partial charge in [-0.1, -0.05) is 0 Å². The minimum Gasteiger partial charge on any atom is -0.347 e. The largest absolute Gasteiger partial charge is 0.347 e. The molecule has 6 nitrogen and oxygen atoms in total. The lowest BCUT2D eigenvalue weighted by Crippen LogP contribution is -2.70. The minimum absolute atomic E-state index is 0.0566. The first-order chi connectivity index (χ1) is 13.6. The molecule has 0 aromatic heterocycles. The Morgan fingerprint density at radius 1 is 1.21 bits per heavy atom. The van der Waals surface area contributed by atoms with Gasteiger partial charge in [-0.05, 0) is 68.7 Å². The van der Waals surface area contributed by atoms with Crippen LogP contribution in [-0.4, -0.2) is 66.8 Å². The summed E-state index contributed by atoms with van der Waals surface area (Å²) < 4.78 is 26.3. The van der Waals surface area contributed by atoms with E-state index in [1.165, 1.54) is 12.1 Å². The number of carbonyl (C=O) groups excluding carboxylic acids is 2. The van der Waals surface area contributed by atoms with Crippen LogP contribution in [0.5, 0.6) is 0 Å². The van der Waals surface area contributed by atoms with Crippen molar-refractivity contribution in [1.82, 2.24) is 15.1 Å². The van der Waals surface area contributed by atoms with E-state index in [0.29, 0.717) is 43.8 Å². The molecule has 3 aliphatic rings. The molecule has 1 N–H and O–H groups in total. The molecule has 3 amide bonds. The van der Waals surface area contributed by atoms with Crippen LogP contribution in [0.15, 0.2) is 18.2 Å². The molecule has 3 heterocycles. The van der Waals surface area contributed by atoms with Gasteiger partial charge in [0.2, 0.25) is 5.91 Å². The van der Waals surface area contributed by atoms with Crippen molar-refractivity contribution in [2.75, 3.05) is 39.5 Å². The van der Waals surface area contributed by atoms with Crippen molar-refractivity contribution in [3.63, 3.8) is 0 Å². The standard InChI is InChI=1S/C21H29FN3O3P/c1-29(2,28)18-11-16(10-17(22)12-18)9-15-4-7-24(8-5-15)20(27)25-13-21(14-25)6-3-19(26)23-21/h10-12,15H,3-9,13-14H2,1-2H3,(H,23,26). The van der Waals surface area contributed by atoms with Gasteiger partial charge in [-0.15, -0.1) is 0 Å². The number of urea groups is 1. The molecule has 3 aliphatic heterocycles. The summed E-state index contributed by atoms with van der Waals surface area (Å²) in [5.41, 5.74) is 0.702. The Morgan fingerprint density at radius 3 is 2.48 bits per heavy atom. The Kier molecular flexibility index (Phi) is 5.22. The van der Waals surface area contributed by atoms with Crippen LogP contribution >= 0.6 is 7.14 Å². The summed E-state index contributed by atoms with van der Waals surface area (Å²) in [5, 5.41) is 3.60. The number of nitrogens with zero attached hydrogens (tertiary/aromatic N) is 2. The monoisotopic (exact) mass is 421 g/mol. The highest BCUT2D eigenvalue weighted by Gasteiger charge is 2.50. The highest BCUT2D eigenvalue weighted by atomic mass is 31.2. The molecule has 158 valence electrons. The maximum absolute atomic E-state index is 14.0. The average Bonchev–Trinajstić information content (AvgIpc) is 3.01. The first-order valence-electron chi connectivity index (χ1n) is 10.3. The van der Waals surface area contributed by atoms with Gasteiger partial charge in [0.1, 0.15) is 13.0 Å². The van der Waals surface area contributed by atoms with Crippen LogP contribution in [0.1, 0.15) is 31.2 Å². The van der Waals surface area contributed by atoms with E-state index in [1.807, 2.05) is 15.9 Å². The second-order valence-electron chi connectivity index (χ2n) is 9.27. The summed E-state index contributed by atoms with van der Waals surface area (Å²) in [7, 11) is -2.50. The van der Waals surface area contributed by atoms with Gasteiger partial charge in [-0.25, -0.2) is 9.18 Å². The van der Waals surface area contributed by atoms with Crippen LogP contribution in [0.2, 0.25) is 0 Å². The Hall–Kier alpha value is -1.88. The molecule has 29 heavy (non-hydrogen) atoms. The Morgan fingerprint density at radius 2 is 1.90 bits per heavy atom. The maximum atomic E-state index is 14.0. The summed E-state index contributed by atoms with van der Waals surface area (Å²) in [4.78, 5) is 27.9. The molecule has 3 fully saturated rings. The van der Waals surface area contributed by atoms with E-state index in [-0.39, 0.29) is 23.3 Å². The SMILES string of the molecule is CP(C)(=O)c1cc(F)cc(CC2CCN(C(=O)N3CC4(CCC(=O)N4)C3)CC2)c1. The van der Waals surface area contributed by atoms with Crippen molar-refractivity contribution in [2.24, 2.45) is 5.92 Å². The lowest BCUT2D eigenvalue weighted by atomic mass is 9.88. The van der Waals surface area contributed by atoms with Crippen molar-refractivity contribution >= 4 is 24.4 Å². The van der Waals surface area contributed by atoms with Crippen LogP contribution in [0, 0.1) is 11.7 Å². The summed E-state index contributed by atoms with van der Waals surface area (Å²) in [6, 6.07) is 4.84. The summed E-state index contributed by atoms with van der Waals surface area (Å²) in [5.74, 6) is 0.138. The Balaban J connectivity index is 1.29. The molecule has 3 saturated heterocycles. The fourth-order valence-electron chi connectivity index (χ4n) is 4.75. The van der Waals surface area contributed by atoms with Gasteiger partial charge in [0.25, 0.3) is 0 Å². The molecule has 0 bridgehead atoms. The lowest BCUT2D eigenvalue weighted by Gasteiger charge is -2.49. The third kappa shape index (κ3) is 4.35. The van der Waals surface area contributed by atoms with Gasteiger partial charge >= 0.3 is 6.03 Å². The first-order valence-corrected chi connectivity index (χ1v) is 12.9. The predicted molar refractivity (Wildman–Crippen MR) is 111 cm³/mol. The number of benzene rings is 1. The second-order valence-corrected chi connectivity index (χ2v) is 12.5. The van der Waals surface area contributed by atoms with E-state index < -0.39 is 7.14 Å². The van der Waals surface area contributed by atoms with Gasteiger partial charge in [-0.2, -0.15) is 0 Å². The number of nitrogens with one attached hydrogen (secondary N) is 1. The van der Waals surface area contributed by atoms with Crippen molar-refractivity contribution in [1.29, 1.82) is 0 Å². The zero-order valence-electron chi connectivity index (χ0n) is 17.1. The number of carbonyl (C=O) groups is 2. The quantitative estimate of drug-likeness (QED) is 0.762. The molecule has 0 aliphatic carbocycles. The van der Waals surface area contributed by atoms with Gasteiger partial charge < -0.3 is 19.7 Å². The van der Waals surface area contributed by atoms with Gasteiger partial charge in [-0.3, -0.25) is 4.79 Å². The molecule has 0 atom stereocenters. The van der Waals surface area contributed by atoms with Crippen LogP contribution in [0.4, 0.5) is 9.18 Å². The highest BCUT2D eigenvalue weighted by Crippen LogP contribution is 2.36. The highest BCUT2D eigenvalue weighted by molar-refractivity contribution is 7.70. The molecule has 4 rings (SSSR count). The average molecular weight is 421 g/mol. The molecular formula is C21H29FN3O3P. The number of hydrogen-bond donors (Lipinski definition) is 1. The molecule has 1 aromatic rings. The fraction of sp³-hybridized carbons (Fsp3) is 0.619. The third-order valence-electron chi connectivity index (χ3n) is 6.47. The summed E-state index contributed by atoms with van der Waals surface area (Å²) >= 11 is 0. The number of halogens is 1. The van der Waals surface area contributed by atoms with Crippen LogP contribution in [-0.2, 0) is 15.8 Å². The van der Waals surface area contributed by atoms with E-state index >= 15 is 0 Å². The summed E-state index contributed by atoms with van der Waals surface area (Å²) in [6.45, 7) is 5.93. The van der Waals surface area contributed by atoms with E-state index in [0.717, 1.165) is 31.2 Å². The van der Waals surface area contributed by atoms with Crippen molar-refractivity contribution in [3.8, 4) is 0 Å². The van der Waals surface area contributed by atoms with Crippen LogP contribution in [0.25, 0.3) is 0 Å². The summed E-state index contributed by atoms with van der Waals surface area (Å²) in [6.07, 6.45) is 3.87. The molecule has 1 aromatic carbocycles. The molecule has 8 heteroatoms. The lowest BCUT2D eigenvalue weighted by molar-refractivity contribution is -0.120. The number of amides is 3. The Labute approximate surface area is 171 Å². The van der Waals surface area contributed by atoms with Crippen LogP contribution in [0.3, 0.4) is 0 Å². The topological polar surface area (TPSA) is 69.7 Å². The number of hydrogen-bond acceptors (Lipinski definition) is 3. The smallest absolute Gasteiger partial charge is 0.320 e. The molecule has 1 spiro atoms. The molecular weight excluding hydrogens is 392 g/mol. The molecule has 0 unspecified atom stereocenters. The second kappa shape index (κ2) is 7.42. The van der Waals surface area contributed by atoms with Crippen molar-refractivity contribution in [3.05, 3.63) is 29.6 Å². The molecule has 0 saturated carbocycles. The van der Waals surface area contributed by atoms with E-state index in [1.54, 1.807) is 13.3 Å². The fourth-order valence-corrected chi connectivity index (χ4v) is 5.67. The Bertz CT molecular complexity index is 870. The maximum Gasteiger partial charge on any atom is 0.320 e. The predicted octanol–water partition coefficient (Wildman–Crippen LogP) is 2.41. The minimum atomic E-state index is -2.50. The third-order valence-corrected chi connectivity index (χ3v) is 7.97. The van der Waals surface area contributed by atoms with Crippen molar-refractivity contribution < 1.29 is 18.5 Å². The van der Waals surface area contributed by atoms with E-state index in [4.69, 9.17) is 0 Å². The van der Waals surface area contributed by atoms with E-state index in [9.17, 15) is 18.5 Å². The normalized spacial score (nSPS) is 22.0. The number of rotatable bonds is 3. The zero-order valence-corrected chi connectivity index (χ0v) is 18.0. The van der Waals surface area contributed by atoms with Gasteiger partial charge in [0, 0.05) is 37.9 Å². The van der Waals surface area contributed by atoms with Crippen LogP contribution < -0.4 is 10.6 Å². The number of piperidine rings is 1. The van der Waals surface area contributed by atoms with Gasteiger partial charge in [0.15, 0.2) is 0 Å². The van der Waals surface area contributed by atoms with E-state index in [2.05, 4.69) is 5.32 Å². The van der Waals surface area contributed by atoms with Gasteiger partial charge in [0.05, 0.1) is 5.54 Å².